The largest absolute Gasteiger partial charge is 0.394 e. The van der Waals surface area contributed by atoms with Gasteiger partial charge in [-0.2, -0.15) is 0 Å². The van der Waals surface area contributed by atoms with E-state index in [0.717, 1.165) is 32.1 Å². The third-order valence-electron chi connectivity index (χ3n) is 6.17. The summed E-state index contributed by atoms with van der Waals surface area (Å²) in [7, 11) is 1.58. The van der Waals surface area contributed by atoms with Crippen LogP contribution in [0.3, 0.4) is 0 Å². The molecule has 1 aromatic heterocycles. The van der Waals surface area contributed by atoms with Gasteiger partial charge in [-0.1, -0.05) is 7.43 Å². The Labute approximate surface area is 148 Å². The van der Waals surface area contributed by atoms with Crippen molar-refractivity contribution in [1.82, 2.24) is 10.3 Å². The number of hydrogen-bond donors (Lipinski definition) is 5. The fourth-order valence-electron chi connectivity index (χ4n) is 5.39. The molecule has 0 aliphatic heterocycles. The van der Waals surface area contributed by atoms with Crippen molar-refractivity contribution in [1.29, 1.82) is 0 Å². The average molecular weight is 347 g/mol. The van der Waals surface area contributed by atoms with Gasteiger partial charge in [-0.3, -0.25) is 4.79 Å². The molecule has 4 aliphatic carbocycles. The predicted octanol–water partition coefficient (Wildman–Crippen LogP) is 1.59. The zero-order valence-corrected chi connectivity index (χ0v) is 13.9. The second-order valence-corrected chi connectivity index (χ2v) is 7.79. The molecule has 7 nitrogen and oxygen atoms in total. The number of nitrogens with one attached hydrogen (secondary N) is 2. The molecule has 138 valence electrons. The van der Waals surface area contributed by atoms with E-state index < -0.39 is 5.60 Å². The number of anilines is 3. The molecule has 3 unspecified atom stereocenters. The number of nitrogens with two attached hydrogens (primary N) is 2. The van der Waals surface area contributed by atoms with Gasteiger partial charge in [0, 0.05) is 19.3 Å². The first-order valence-corrected chi connectivity index (χ1v) is 8.65. The van der Waals surface area contributed by atoms with Crippen molar-refractivity contribution in [3.63, 3.8) is 0 Å². The minimum Gasteiger partial charge on any atom is -0.394 e. The maximum Gasteiger partial charge on any atom is 0.254 e. The van der Waals surface area contributed by atoms with Gasteiger partial charge in [-0.25, -0.2) is 4.98 Å². The number of amides is 1. The highest BCUT2D eigenvalue weighted by Gasteiger charge is 2.54. The standard InChI is InChI=1S/C17H25N5O2.CH4/c1-20-16(23)11-7-21-15(19)12(18)14(11)22-13-9-2-8-3-10(13)6-17(24,4-8)5-9;/h7-10,13,24H,2-6,18H2,1H3,(H,20,23)(H3,19,21,22);1H4/t8?,9-,10+,13?,17?;. The lowest BCUT2D eigenvalue weighted by Gasteiger charge is -2.58. The molecule has 25 heavy (non-hydrogen) atoms. The Hall–Kier alpha value is -2.02. The maximum atomic E-state index is 12.2. The van der Waals surface area contributed by atoms with Crippen molar-refractivity contribution in [2.45, 2.75) is 51.2 Å². The van der Waals surface area contributed by atoms with Gasteiger partial charge >= 0.3 is 0 Å². The summed E-state index contributed by atoms with van der Waals surface area (Å²) in [6, 6.07) is 0.217. The minimum absolute atomic E-state index is 0. The molecule has 4 bridgehead atoms. The smallest absolute Gasteiger partial charge is 0.254 e. The van der Waals surface area contributed by atoms with E-state index in [-0.39, 0.29) is 25.2 Å². The molecule has 1 aromatic rings. The third kappa shape index (κ3) is 2.80. The second kappa shape index (κ2) is 6.05. The van der Waals surface area contributed by atoms with Crippen molar-refractivity contribution in [3.8, 4) is 0 Å². The Kier molecular flexibility index (Phi) is 4.31. The topological polar surface area (TPSA) is 126 Å². The van der Waals surface area contributed by atoms with Crippen LogP contribution in [0, 0.1) is 17.8 Å². The summed E-state index contributed by atoms with van der Waals surface area (Å²) in [6.45, 7) is 0. The number of rotatable bonds is 3. The van der Waals surface area contributed by atoms with Gasteiger partial charge in [-0.15, -0.1) is 0 Å². The van der Waals surface area contributed by atoms with Gasteiger partial charge in [0.1, 0.15) is 5.82 Å². The first kappa shape index (κ1) is 17.8. The van der Waals surface area contributed by atoms with Crippen molar-refractivity contribution < 1.29 is 9.90 Å². The van der Waals surface area contributed by atoms with Crippen LogP contribution in [0.4, 0.5) is 17.2 Å². The van der Waals surface area contributed by atoms with Crippen LogP contribution in [0.15, 0.2) is 6.20 Å². The van der Waals surface area contributed by atoms with Crippen LogP contribution in [0.1, 0.15) is 49.9 Å². The summed E-state index contributed by atoms with van der Waals surface area (Å²) < 4.78 is 0. The Bertz CT molecular complexity index is 676. The van der Waals surface area contributed by atoms with Crippen LogP contribution in [0.25, 0.3) is 0 Å². The number of carbonyl (C=O) groups is 1. The summed E-state index contributed by atoms with van der Waals surface area (Å²) in [4.78, 5) is 16.2. The van der Waals surface area contributed by atoms with E-state index in [4.69, 9.17) is 11.5 Å². The fourth-order valence-corrected chi connectivity index (χ4v) is 5.39. The van der Waals surface area contributed by atoms with Gasteiger partial charge < -0.3 is 27.2 Å². The number of nitrogen functional groups attached to an aromatic ring is 2. The van der Waals surface area contributed by atoms with Crippen LogP contribution in [-0.2, 0) is 0 Å². The van der Waals surface area contributed by atoms with Gasteiger partial charge in [0.2, 0.25) is 0 Å². The zero-order chi connectivity index (χ0) is 17.1. The van der Waals surface area contributed by atoms with Crippen LogP contribution < -0.4 is 22.1 Å². The Morgan fingerprint density at radius 3 is 2.48 bits per heavy atom. The van der Waals surface area contributed by atoms with Gasteiger partial charge in [0.05, 0.1) is 22.5 Å². The lowest BCUT2D eigenvalue weighted by Crippen LogP contribution is -2.59. The molecule has 1 amide bonds. The number of nitrogens with zero attached hydrogens (tertiary/aromatic N) is 1. The molecule has 4 fully saturated rings. The molecule has 5 atom stereocenters. The van der Waals surface area contributed by atoms with Crippen molar-refractivity contribution >= 4 is 23.1 Å². The highest BCUT2D eigenvalue weighted by Crippen LogP contribution is 2.56. The summed E-state index contributed by atoms with van der Waals surface area (Å²) in [5, 5.41) is 16.9. The molecular formula is C18H29N5O2. The molecular weight excluding hydrogens is 318 g/mol. The van der Waals surface area contributed by atoms with Crippen molar-refractivity contribution in [3.05, 3.63) is 11.8 Å². The van der Waals surface area contributed by atoms with Gasteiger partial charge in [0.15, 0.2) is 0 Å². The van der Waals surface area contributed by atoms with Crippen LogP contribution >= 0.6 is 0 Å². The number of hydrogen-bond acceptors (Lipinski definition) is 6. The highest BCUT2D eigenvalue weighted by atomic mass is 16.3. The molecule has 0 radical (unpaired) electrons. The average Bonchev–Trinajstić information content (AvgIpc) is 2.52. The molecule has 5 rings (SSSR count). The minimum atomic E-state index is -0.485. The molecule has 4 aliphatic rings. The van der Waals surface area contributed by atoms with Crippen LogP contribution in [-0.4, -0.2) is 34.7 Å². The van der Waals surface area contributed by atoms with Gasteiger partial charge in [-0.05, 0) is 49.9 Å². The summed E-state index contributed by atoms with van der Waals surface area (Å²) >= 11 is 0. The summed E-state index contributed by atoms with van der Waals surface area (Å²) in [6.07, 6.45) is 6.33. The summed E-state index contributed by atoms with van der Waals surface area (Å²) in [5.41, 5.74) is 12.8. The van der Waals surface area contributed by atoms with Crippen molar-refractivity contribution in [2.24, 2.45) is 17.8 Å². The molecule has 7 N–H and O–H groups in total. The van der Waals surface area contributed by atoms with E-state index >= 15 is 0 Å². The zero-order valence-electron chi connectivity index (χ0n) is 13.9. The van der Waals surface area contributed by atoms with Crippen molar-refractivity contribution in [2.75, 3.05) is 23.8 Å². The number of pyridine rings is 1. The van der Waals surface area contributed by atoms with Crippen LogP contribution in [0.2, 0.25) is 0 Å². The Morgan fingerprint density at radius 1 is 1.28 bits per heavy atom. The molecule has 7 heteroatoms. The predicted molar refractivity (Wildman–Crippen MR) is 99.1 cm³/mol. The monoisotopic (exact) mass is 347 g/mol. The number of aromatic nitrogens is 1. The van der Waals surface area contributed by atoms with E-state index in [0.29, 0.717) is 34.7 Å². The number of aliphatic hydroxyl groups is 1. The van der Waals surface area contributed by atoms with E-state index in [1.807, 2.05) is 0 Å². The number of carbonyl (C=O) groups excluding carboxylic acids is 1. The molecule has 4 saturated carbocycles. The van der Waals surface area contributed by atoms with Gasteiger partial charge in [0.25, 0.3) is 5.91 Å². The maximum absolute atomic E-state index is 12.2. The first-order valence-electron chi connectivity index (χ1n) is 8.65. The van der Waals surface area contributed by atoms with Crippen LogP contribution in [0.5, 0.6) is 0 Å². The molecule has 0 aromatic carbocycles. The quantitative estimate of drug-likeness (QED) is 0.565. The molecule has 0 saturated heterocycles. The second-order valence-electron chi connectivity index (χ2n) is 7.79. The van der Waals surface area contributed by atoms with E-state index in [2.05, 4.69) is 15.6 Å². The highest BCUT2D eigenvalue weighted by molar-refractivity contribution is 6.03. The first-order chi connectivity index (χ1) is 11.4. The fraction of sp³-hybridized carbons (Fsp3) is 0.667. The third-order valence-corrected chi connectivity index (χ3v) is 6.17. The van der Waals surface area contributed by atoms with E-state index in [1.54, 1.807) is 7.05 Å². The Morgan fingerprint density at radius 2 is 1.92 bits per heavy atom. The van der Waals surface area contributed by atoms with E-state index in [9.17, 15) is 9.90 Å². The lowest BCUT2D eigenvalue weighted by molar-refractivity contribution is -0.129. The van der Waals surface area contributed by atoms with E-state index in [1.165, 1.54) is 6.20 Å². The Balaban J connectivity index is 0.00000182. The lowest BCUT2D eigenvalue weighted by atomic mass is 9.52. The normalized spacial score (nSPS) is 35.1. The summed E-state index contributed by atoms with van der Waals surface area (Å²) in [5.74, 6) is 1.44. The molecule has 0 spiro atoms. The molecule has 1 heterocycles. The SMILES string of the molecule is C.CNC(=O)c1cnc(N)c(N)c1NC1[C@@H]2CC3C[C@H]1CC(O)(C3)C2.